The quantitative estimate of drug-likeness (QED) is 0.727. The minimum Gasteiger partial charge on any atom is -0.397 e. The second-order valence-electron chi connectivity index (χ2n) is 4.02. The molecule has 1 aromatic carbocycles. The lowest BCUT2D eigenvalue weighted by molar-refractivity contribution is 1.02. The van der Waals surface area contributed by atoms with E-state index in [2.05, 4.69) is 4.98 Å². The lowest BCUT2D eigenvalue weighted by Crippen LogP contribution is -2.17. The van der Waals surface area contributed by atoms with Crippen LogP contribution < -0.4 is 17.0 Å². The summed E-state index contributed by atoms with van der Waals surface area (Å²) in [5.74, 6) is 0. The van der Waals surface area contributed by atoms with Crippen LogP contribution in [0.4, 0.5) is 5.69 Å². The number of hydrogen-bond acceptors (Lipinski definition) is 3. The molecule has 0 saturated carbocycles. The fourth-order valence-corrected chi connectivity index (χ4v) is 1.70. The zero-order valence-corrected chi connectivity index (χ0v) is 9.66. The zero-order valence-electron chi connectivity index (χ0n) is 9.66. The number of pyridine rings is 1. The summed E-state index contributed by atoms with van der Waals surface area (Å²) in [5, 5.41) is 0. The number of nitrogen functional groups attached to an aromatic ring is 1. The maximum Gasteiger partial charge on any atom is 0.253 e. The number of benzene rings is 1. The van der Waals surface area contributed by atoms with Gasteiger partial charge >= 0.3 is 0 Å². The first-order valence-corrected chi connectivity index (χ1v) is 5.40. The van der Waals surface area contributed by atoms with E-state index < -0.39 is 0 Å². The van der Waals surface area contributed by atoms with E-state index >= 15 is 0 Å². The molecule has 0 spiro atoms. The van der Waals surface area contributed by atoms with Gasteiger partial charge in [-0.05, 0) is 13.0 Å². The molecular weight excluding hydrogens is 214 g/mol. The van der Waals surface area contributed by atoms with Crippen molar-refractivity contribution in [3.63, 3.8) is 0 Å². The Morgan fingerprint density at radius 3 is 2.47 bits per heavy atom. The van der Waals surface area contributed by atoms with Gasteiger partial charge in [0.15, 0.2) is 0 Å². The second-order valence-corrected chi connectivity index (χ2v) is 4.02. The Morgan fingerprint density at radius 1 is 1.24 bits per heavy atom. The summed E-state index contributed by atoms with van der Waals surface area (Å²) < 4.78 is 0. The van der Waals surface area contributed by atoms with E-state index in [1.165, 1.54) is 0 Å². The zero-order chi connectivity index (χ0) is 12.4. The van der Waals surface area contributed by atoms with Gasteiger partial charge in [-0.25, -0.2) is 0 Å². The Morgan fingerprint density at radius 2 is 1.88 bits per heavy atom. The summed E-state index contributed by atoms with van der Waals surface area (Å²) in [6, 6.07) is 9.44. The average Bonchev–Trinajstić information content (AvgIpc) is 2.33. The molecule has 0 radical (unpaired) electrons. The minimum atomic E-state index is -0.183. The molecule has 0 saturated heterocycles. The van der Waals surface area contributed by atoms with E-state index in [9.17, 15) is 4.79 Å². The number of anilines is 1. The molecule has 0 aliphatic rings. The van der Waals surface area contributed by atoms with Crippen LogP contribution in [0.5, 0.6) is 0 Å². The minimum absolute atomic E-state index is 0.183. The van der Waals surface area contributed by atoms with Crippen LogP contribution in [-0.2, 0) is 6.54 Å². The number of nitrogens with two attached hydrogens (primary N) is 2. The third-order valence-corrected chi connectivity index (χ3v) is 2.71. The van der Waals surface area contributed by atoms with Gasteiger partial charge in [0.2, 0.25) is 0 Å². The molecule has 1 heterocycles. The van der Waals surface area contributed by atoms with Crippen LogP contribution >= 0.6 is 0 Å². The summed E-state index contributed by atoms with van der Waals surface area (Å²) >= 11 is 0. The lowest BCUT2D eigenvalue weighted by atomic mass is 10.1. The Balaban J connectivity index is 2.56. The smallest absolute Gasteiger partial charge is 0.253 e. The maximum atomic E-state index is 11.7. The van der Waals surface area contributed by atoms with Crippen LogP contribution in [0, 0.1) is 6.92 Å². The van der Waals surface area contributed by atoms with Gasteiger partial charge in [0, 0.05) is 17.7 Å². The Kier molecular flexibility index (Phi) is 2.97. The number of hydrogen-bond donors (Lipinski definition) is 3. The van der Waals surface area contributed by atoms with Crippen molar-refractivity contribution in [1.29, 1.82) is 0 Å². The molecule has 0 atom stereocenters. The molecule has 0 bridgehead atoms. The number of aromatic nitrogens is 1. The standard InChI is InChI=1S/C13H15N3O/c1-8-2-4-9(5-3-8)12-11(15)6-10(7-14)13(17)16-12/h2-6H,7,14-15H2,1H3,(H,16,17). The van der Waals surface area contributed by atoms with Crippen LogP contribution in [0.1, 0.15) is 11.1 Å². The topological polar surface area (TPSA) is 84.9 Å². The third kappa shape index (κ3) is 2.21. The molecule has 4 nitrogen and oxygen atoms in total. The SMILES string of the molecule is Cc1ccc(-c2[nH]c(=O)c(CN)cc2N)cc1. The van der Waals surface area contributed by atoms with Crippen molar-refractivity contribution < 1.29 is 0 Å². The average molecular weight is 229 g/mol. The first kappa shape index (κ1) is 11.4. The molecule has 88 valence electrons. The molecule has 0 aliphatic heterocycles. The fourth-order valence-electron chi connectivity index (χ4n) is 1.70. The van der Waals surface area contributed by atoms with Crippen molar-refractivity contribution in [2.24, 2.45) is 5.73 Å². The fraction of sp³-hybridized carbons (Fsp3) is 0.154. The Bertz CT molecular complexity index is 585. The predicted octanol–water partition coefficient (Wildman–Crippen LogP) is 1.39. The van der Waals surface area contributed by atoms with Gasteiger partial charge in [-0.15, -0.1) is 0 Å². The van der Waals surface area contributed by atoms with Crippen LogP contribution in [0.25, 0.3) is 11.3 Å². The normalized spacial score (nSPS) is 10.5. The van der Waals surface area contributed by atoms with E-state index in [1.807, 2.05) is 31.2 Å². The highest BCUT2D eigenvalue weighted by Gasteiger charge is 2.07. The Hall–Kier alpha value is -2.07. The van der Waals surface area contributed by atoms with Gasteiger partial charge in [-0.3, -0.25) is 4.79 Å². The molecule has 1 aromatic heterocycles. The van der Waals surface area contributed by atoms with Crippen molar-refractivity contribution in [3.8, 4) is 11.3 Å². The number of H-pyrrole nitrogens is 1. The Labute approximate surface area is 99.3 Å². The van der Waals surface area contributed by atoms with E-state index in [4.69, 9.17) is 11.5 Å². The monoisotopic (exact) mass is 229 g/mol. The molecule has 0 fully saturated rings. The first-order chi connectivity index (χ1) is 8.11. The van der Waals surface area contributed by atoms with Crippen LogP contribution in [0.3, 0.4) is 0 Å². The van der Waals surface area contributed by atoms with Gasteiger partial charge in [0.1, 0.15) is 0 Å². The molecule has 17 heavy (non-hydrogen) atoms. The van der Waals surface area contributed by atoms with Gasteiger partial charge in [0.25, 0.3) is 5.56 Å². The number of nitrogens with one attached hydrogen (secondary N) is 1. The third-order valence-electron chi connectivity index (χ3n) is 2.71. The van der Waals surface area contributed by atoms with Crippen molar-refractivity contribution in [1.82, 2.24) is 4.98 Å². The summed E-state index contributed by atoms with van der Waals surface area (Å²) in [7, 11) is 0. The number of aryl methyl sites for hydroxylation is 1. The van der Waals surface area contributed by atoms with Gasteiger partial charge in [-0.2, -0.15) is 0 Å². The van der Waals surface area contributed by atoms with E-state index in [0.717, 1.165) is 11.1 Å². The predicted molar refractivity (Wildman–Crippen MR) is 69.5 cm³/mol. The highest BCUT2D eigenvalue weighted by molar-refractivity contribution is 5.72. The number of aromatic amines is 1. The molecule has 5 N–H and O–H groups in total. The molecule has 4 heteroatoms. The first-order valence-electron chi connectivity index (χ1n) is 5.40. The number of rotatable bonds is 2. The molecular formula is C13H15N3O. The molecule has 0 aliphatic carbocycles. The molecule has 0 amide bonds. The lowest BCUT2D eigenvalue weighted by Gasteiger charge is -2.07. The summed E-state index contributed by atoms with van der Waals surface area (Å²) in [6.45, 7) is 2.20. The van der Waals surface area contributed by atoms with Crippen molar-refractivity contribution >= 4 is 5.69 Å². The highest BCUT2D eigenvalue weighted by atomic mass is 16.1. The van der Waals surface area contributed by atoms with Crippen LogP contribution in [0.2, 0.25) is 0 Å². The summed E-state index contributed by atoms with van der Waals surface area (Å²) in [4.78, 5) is 14.4. The van der Waals surface area contributed by atoms with Crippen molar-refractivity contribution in [2.45, 2.75) is 13.5 Å². The molecule has 2 aromatic rings. The summed E-state index contributed by atoms with van der Waals surface area (Å²) in [5.41, 5.74) is 14.9. The van der Waals surface area contributed by atoms with Gasteiger partial charge in [0.05, 0.1) is 11.4 Å². The van der Waals surface area contributed by atoms with E-state index in [1.54, 1.807) is 6.07 Å². The van der Waals surface area contributed by atoms with Crippen LogP contribution in [-0.4, -0.2) is 4.98 Å². The molecule has 2 rings (SSSR count). The molecule has 0 unspecified atom stereocenters. The van der Waals surface area contributed by atoms with E-state index in [-0.39, 0.29) is 12.1 Å². The highest BCUT2D eigenvalue weighted by Crippen LogP contribution is 2.22. The maximum absolute atomic E-state index is 11.7. The largest absolute Gasteiger partial charge is 0.397 e. The van der Waals surface area contributed by atoms with Crippen molar-refractivity contribution in [3.05, 3.63) is 51.8 Å². The van der Waals surface area contributed by atoms with E-state index in [0.29, 0.717) is 16.9 Å². The van der Waals surface area contributed by atoms with Gasteiger partial charge < -0.3 is 16.5 Å². The van der Waals surface area contributed by atoms with Gasteiger partial charge in [-0.1, -0.05) is 29.8 Å². The van der Waals surface area contributed by atoms with Crippen LogP contribution in [0.15, 0.2) is 35.1 Å². The second kappa shape index (κ2) is 4.43. The summed E-state index contributed by atoms with van der Waals surface area (Å²) in [6.07, 6.45) is 0. The van der Waals surface area contributed by atoms with Crippen molar-refractivity contribution in [2.75, 3.05) is 5.73 Å².